The molecule has 0 N–H and O–H groups in total. The molecule has 0 unspecified atom stereocenters. The van der Waals surface area contributed by atoms with E-state index in [0.717, 1.165) is 0 Å². The molecular weight excluding hydrogens is 308 g/mol. The van der Waals surface area contributed by atoms with Crippen LogP contribution in [0.4, 0.5) is 0 Å². The third kappa shape index (κ3) is 4.99. The highest BCUT2D eigenvalue weighted by Gasteiger charge is 2.48. The molecule has 0 saturated heterocycles. The van der Waals surface area contributed by atoms with E-state index in [-0.39, 0.29) is 48.0 Å². The van der Waals surface area contributed by atoms with E-state index in [0.29, 0.717) is 6.42 Å². The molecule has 0 aromatic carbocycles. The molecule has 5 heteroatoms. The van der Waals surface area contributed by atoms with Crippen molar-refractivity contribution in [3.63, 3.8) is 0 Å². The first-order chi connectivity index (χ1) is 10.7. The van der Waals surface area contributed by atoms with Crippen LogP contribution in [0.15, 0.2) is 0 Å². The normalized spacial score (nSPS) is 19.3. The second-order valence-electron chi connectivity index (χ2n) is 9.23. The van der Waals surface area contributed by atoms with Crippen molar-refractivity contribution in [2.45, 2.75) is 67.2 Å². The minimum Gasteiger partial charge on any atom is -0.469 e. The highest BCUT2D eigenvalue weighted by atomic mass is 16.5. The van der Waals surface area contributed by atoms with Crippen molar-refractivity contribution in [3.8, 4) is 0 Å². The first-order valence-electron chi connectivity index (χ1n) is 8.37. The van der Waals surface area contributed by atoms with Crippen LogP contribution < -0.4 is 0 Å². The monoisotopic (exact) mass is 338 g/mol. The smallest absolute Gasteiger partial charge is 0.306 e. The van der Waals surface area contributed by atoms with Crippen molar-refractivity contribution in [3.05, 3.63) is 0 Å². The van der Waals surface area contributed by atoms with E-state index in [1.165, 1.54) is 7.11 Å². The number of Topliss-reactive ketones (excluding diaryl/α,β-unsaturated/α-hetero) is 3. The lowest BCUT2D eigenvalue weighted by atomic mass is 9.63. The van der Waals surface area contributed by atoms with Crippen molar-refractivity contribution in [1.29, 1.82) is 0 Å². The van der Waals surface area contributed by atoms with Crippen LogP contribution in [-0.4, -0.2) is 30.4 Å². The summed E-state index contributed by atoms with van der Waals surface area (Å²) < 4.78 is 4.70. The molecule has 0 aromatic heterocycles. The van der Waals surface area contributed by atoms with Crippen molar-refractivity contribution >= 4 is 23.3 Å². The maximum Gasteiger partial charge on any atom is 0.306 e. The minimum absolute atomic E-state index is 0.180. The van der Waals surface area contributed by atoms with Gasteiger partial charge in [0.1, 0.15) is 5.92 Å². The summed E-state index contributed by atoms with van der Waals surface area (Å²) in [5.41, 5.74) is -1.71. The van der Waals surface area contributed by atoms with Gasteiger partial charge < -0.3 is 4.74 Å². The highest BCUT2D eigenvalue weighted by Crippen LogP contribution is 2.42. The Kier molecular flexibility index (Phi) is 5.79. The molecule has 0 amide bonds. The number of hydrogen-bond donors (Lipinski definition) is 0. The molecular formula is C19H30O5. The topological polar surface area (TPSA) is 77.5 Å². The van der Waals surface area contributed by atoms with Gasteiger partial charge in [0.25, 0.3) is 0 Å². The molecule has 24 heavy (non-hydrogen) atoms. The summed E-state index contributed by atoms with van der Waals surface area (Å²) in [4.78, 5) is 49.2. The first-order valence-corrected chi connectivity index (χ1v) is 8.37. The number of ether oxygens (including phenoxy) is 1. The number of esters is 1. The van der Waals surface area contributed by atoms with Crippen LogP contribution in [0, 0.1) is 22.2 Å². The third-order valence-corrected chi connectivity index (χ3v) is 4.65. The molecule has 0 bridgehead atoms. The van der Waals surface area contributed by atoms with Gasteiger partial charge in [0, 0.05) is 18.3 Å². The van der Waals surface area contributed by atoms with E-state index in [1.807, 2.05) is 27.7 Å². The summed E-state index contributed by atoms with van der Waals surface area (Å²) in [6, 6.07) is 0. The third-order valence-electron chi connectivity index (χ3n) is 4.65. The highest BCUT2D eigenvalue weighted by molar-refractivity contribution is 6.22. The largest absolute Gasteiger partial charge is 0.469 e. The Labute approximate surface area is 144 Å². The predicted molar refractivity (Wildman–Crippen MR) is 90.3 cm³/mol. The lowest BCUT2D eigenvalue weighted by Crippen LogP contribution is -2.47. The molecule has 1 fully saturated rings. The number of carbonyl (C=O) groups is 4. The van der Waals surface area contributed by atoms with Crippen molar-refractivity contribution in [2.24, 2.45) is 22.2 Å². The number of rotatable bonds is 6. The summed E-state index contributed by atoms with van der Waals surface area (Å²) in [6.07, 6.45) is 1.07. The molecule has 1 aliphatic rings. The molecule has 0 heterocycles. The van der Waals surface area contributed by atoms with Crippen molar-refractivity contribution in [1.82, 2.24) is 0 Å². The first kappa shape index (κ1) is 20.5. The maximum absolute atomic E-state index is 12.9. The van der Waals surface area contributed by atoms with E-state index < -0.39 is 16.7 Å². The number of methoxy groups -OCH3 is 1. The van der Waals surface area contributed by atoms with Gasteiger partial charge in [0.2, 0.25) is 0 Å². The van der Waals surface area contributed by atoms with E-state index in [9.17, 15) is 19.2 Å². The van der Waals surface area contributed by atoms with Gasteiger partial charge in [-0.2, -0.15) is 0 Å². The molecule has 1 rings (SSSR count). The van der Waals surface area contributed by atoms with Crippen LogP contribution in [0.5, 0.6) is 0 Å². The quantitative estimate of drug-likeness (QED) is 0.549. The molecule has 0 aromatic rings. The summed E-state index contributed by atoms with van der Waals surface area (Å²) >= 11 is 0. The second kappa shape index (κ2) is 6.77. The number of hydrogen-bond acceptors (Lipinski definition) is 5. The molecule has 0 radical (unpaired) electrons. The average molecular weight is 338 g/mol. The molecule has 1 saturated carbocycles. The standard InChI is InChI=1S/C19H30O5/c1-17(2)8-12(20)15(13(21)9-17)16(23)19(5,6)11-18(3,4)10-14(22)24-7/h15H,8-11H2,1-7H3. The maximum atomic E-state index is 12.9. The van der Waals surface area contributed by atoms with Gasteiger partial charge in [0.15, 0.2) is 17.3 Å². The van der Waals surface area contributed by atoms with Crippen molar-refractivity contribution in [2.75, 3.05) is 7.11 Å². The Morgan fingerprint density at radius 3 is 1.96 bits per heavy atom. The molecule has 5 nitrogen and oxygen atoms in total. The zero-order chi connectivity index (χ0) is 18.9. The molecule has 1 aliphatic carbocycles. The summed E-state index contributed by atoms with van der Waals surface area (Å²) in [7, 11) is 1.33. The van der Waals surface area contributed by atoms with Crippen LogP contribution in [0.25, 0.3) is 0 Å². The van der Waals surface area contributed by atoms with Crippen LogP contribution in [-0.2, 0) is 23.9 Å². The van der Waals surface area contributed by atoms with Crippen LogP contribution >= 0.6 is 0 Å². The van der Waals surface area contributed by atoms with Gasteiger partial charge in [-0.1, -0.05) is 41.5 Å². The van der Waals surface area contributed by atoms with E-state index in [2.05, 4.69) is 0 Å². The van der Waals surface area contributed by atoms with Gasteiger partial charge >= 0.3 is 5.97 Å². The Morgan fingerprint density at radius 2 is 1.54 bits per heavy atom. The molecule has 136 valence electrons. The lowest BCUT2D eigenvalue weighted by Gasteiger charge is -2.38. The number of ketones is 3. The minimum atomic E-state index is -1.15. The van der Waals surface area contributed by atoms with Gasteiger partial charge in [0.05, 0.1) is 13.5 Å². The van der Waals surface area contributed by atoms with E-state index >= 15 is 0 Å². The summed E-state index contributed by atoms with van der Waals surface area (Å²) in [5, 5.41) is 0. The fourth-order valence-corrected chi connectivity index (χ4v) is 3.88. The Bertz CT molecular complexity index is 534. The van der Waals surface area contributed by atoms with Gasteiger partial charge in [-0.05, 0) is 17.3 Å². The summed E-state index contributed by atoms with van der Waals surface area (Å²) in [5.74, 6) is -2.37. The van der Waals surface area contributed by atoms with Gasteiger partial charge in [-0.3, -0.25) is 19.2 Å². The fraction of sp³-hybridized carbons (Fsp3) is 0.789. The second-order valence-corrected chi connectivity index (χ2v) is 9.23. The molecule has 0 atom stereocenters. The summed E-state index contributed by atoms with van der Waals surface area (Å²) in [6.45, 7) is 11.0. The molecule has 0 spiro atoms. The van der Waals surface area contributed by atoms with Crippen LogP contribution in [0.3, 0.4) is 0 Å². The zero-order valence-electron chi connectivity index (χ0n) is 15.9. The van der Waals surface area contributed by atoms with Gasteiger partial charge in [-0.15, -0.1) is 0 Å². The fourth-order valence-electron chi connectivity index (χ4n) is 3.88. The zero-order valence-corrected chi connectivity index (χ0v) is 15.9. The van der Waals surface area contributed by atoms with E-state index in [4.69, 9.17) is 4.74 Å². The SMILES string of the molecule is COC(=O)CC(C)(C)CC(C)(C)C(=O)C1C(=O)CC(C)(C)CC1=O. The Hall–Kier alpha value is -1.52. The lowest BCUT2D eigenvalue weighted by molar-refractivity contribution is -0.151. The van der Waals surface area contributed by atoms with E-state index in [1.54, 1.807) is 13.8 Å². The molecule has 0 aliphatic heterocycles. The van der Waals surface area contributed by atoms with Crippen LogP contribution in [0.1, 0.15) is 67.2 Å². The Balaban J connectivity index is 2.94. The average Bonchev–Trinajstić information content (AvgIpc) is 2.33. The predicted octanol–water partition coefficient (Wildman–Crippen LogP) is 3.14. The van der Waals surface area contributed by atoms with Gasteiger partial charge in [-0.25, -0.2) is 0 Å². The Morgan fingerprint density at radius 1 is 1.08 bits per heavy atom. The number of carbonyl (C=O) groups excluding carboxylic acids is 4. The van der Waals surface area contributed by atoms with Crippen molar-refractivity contribution < 1.29 is 23.9 Å². The van der Waals surface area contributed by atoms with Crippen LogP contribution in [0.2, 0.25) is 0 Å².